The normalized spacial score (nSPS) is 12.9. The monoisotopic (exact) mass is 366 g/mol. The van der Waals surface area contributed by atoms with Gasteiger partial charge in [-0.2, -0.15) is 8.42 Å². The molecule has 2 aromatic carbocycles. The van der Waals surface area contributed by atoms with Gasteiger partial charge < -0.3 is 0 Å². The SMILES string of the molecule is CS(=O)(=O)OCC(CCc1ccccc1)CCc1ccccc1Cl. The summed E-state index contributed by atoms with van der Waals surface area (Å²) in [7, 11) is -3.42. The van der Waals surface area contributed by atoms with E-state index in [1.54, 1.807) is 0 Å². The van der Waals surface area contributed by atoms with E-state index < -0.39 is 10.1 Å². The highest BCUT2D eigenvalue weighted by molar-refractivity contribution is 7.85. The Bertz CT molecular complexity index is 729. The third kappa shape index (κ3) is 7.04. The molecular formula is C19H23ClO3S. The minimum absolute atomic E-state index is 0.163. The highest BCUT2D eigenvalue weighted by Gasteiger charge is 2.14. The van der Waals surface area contributed by atoms with Gasteiger partial charge in [0, 0.05) is 5.02 Å². The van der Waals surface area contributed by atoms with Gasteiger partial charge in [0.2, 0.25) is 0 Å². The smallest absolute Gasteiger partial charge is 0.264 e. The van der Waals surface area contributed by atoms with Gasteiger partial charge in [0.05, 0.1) is 12.9 Å². The quantitative estimate of drug-likeness (QED) is 0.614. The Balaban J connectivity index is 1.95. The van der Waals surface area contributed by atoms with Gasteiger partial charge in [-0.3, -0.25) is 4.18 Å². The van der Waals surface area contributed by atoms with Crippen molar-refractivity contribution in [3.63, 3.8) is 0 Å². The molecule has 0 aliphatic rings. The van der Waals surface area contributed by atoms with Crippen LogP contribution >= 0.6 is 11.6 Å². The molecule has 0 fully saturated rings. The standard InChI is InChI=1S/C19H23ClO3S/c1-24(21,22)23-15-17(12-11-16-7-3-2-4-8-16)13-14-18-9-5-6-10-19(18)20/h2-10,17H,11-15H2,1H3. The Hall–Kier alpha value is -1.36. The second-order valence-corrected chi connectivity index (χ2v) is 8.06. The van der Waals surface area contributed by atoms with Crippen LogP contribution in [0.3, 0.4) is 0 Å². The van der Waals surface area contributed by atoms with Crippen molar-refractivity contribution in [1.82, 2.24) is 0 Å². The van der Waals surface area contributed by atoms with Gasteiger partial charge in [0.1, 0.15) is 0 Å². The molecule has 1 unspecified atom stereocenters. The Labute approximate surface area is 149 Å². The van der Waals surface area contributed by atoms with Gasteiger partial charge in [0.15, 0.2) is 0 Å². The van der Waals surface area contributed by atoms with E-state index in [4.69, 9.17) is 15.8 Å². The van der Waals surface area contributed by atoms with E-state index in [0.29, 0.717) is 0 Å². The lowest BCUT2D eigenvalue weighted by Gasteiger charge is -2.17. The predicted octanol–water partition coefficient (Wildman–Crippen LogP) is 4.50. The fraction of sp³-hybridized carbons (Fsp3) is 0.368. The van der Waals surface area contributed by atoms with Crippen LogP contribution in [0.2, 0.25) is 5.02 Å². The van der Waals surface area contributed by atoms with Crippen molar-refractivity contribution < 1.29 is 12.6 Å². The molecule has 0 heterocycles. The Morgan fingerprint density at radius 2 is 1.58 bits per heavy atom. The van der Waals surface area contributed by atoms with Gasteiger partial charge >= 0.3 is 0 Å². The van der Waals surface area contributed by atoms with Crippen molar-refractivity contribution in [2.45, 2.75) is 25.7 Å². The van der Waals surface area contributed by atoms with Crippen LogP contribution < -0.4 is 0 Å². The van der Waals surface area contributed by atoms with E-state index >= 15 is 0 Å². The lowest BCUT2D eigenvalue weighted by molar-refractivity contribution is 0.239. The first-order chi connectivity index (χ1) is 11.4. The van der Waals surface area contributed by atoms with E-state index in [-0.39, 0.29) is 12.5 Å². The second kappa shape index (κ2) is 9.21. The summed E-state index contributed by atoms with van der Waals surface area (Å²) in [6.07, 6.45) is 4.53. The van der Waals surface area contributed by atoms with Crippen molar-refractivity contribution in [1.29, 1.82) is 0 Å². The summed E-state index contributed by atoms with van der Waals surface area (Å²) in [6, 6.07) is 18.0. The molecule has 0 N–H and O–H groups in total. The lowest BCUT2D eigenvalue weighted by Crippen LogP contribution is -2.15. The van der Waals surface area contributed by atoms with E-state index in [1.165, 1.54) is 5.56 Å². The molecule has 0 spiro atoms. The van der Waals surface area contributed by atoms with Gasteiger partial charge in [-0.15, -0.1) is 0 Å². The average molecular weight is 367 g/mol. The van der Waals surface area contributed by atoms with Crippen molar-refractivity contribution in [3.8, 4) is 0 Å². The van der Waals surface area contributed by atoms with Crippen LogP contribution in [0.4, 0.5) is 0 Å². The van der Waals surface area contributed by atoms with E-state index in [1.807, 2.05) is 42.5 Å². The summed E-state index contributed by atoms with van der Waals surface area (Å²) in [5.41, 5.74) is 2.34. The van der Waals surface area contributed by atoms with Crippen molar-refractivity contribution in [2.75, 3.05) is 12.9 Å². The van der Waals surface area contributed by atoms with E-state index in [9.17, 15) is 8.42 Å². The molecule has 2 rings (SSSR count). The first-order valence-electron chi connectivity index (χ1n) is 8.06. The zero-order chi connectivity index (χ0) is 17.4. The van der Waals surface area contributed by atoms with E-state index in [0.717, 1.165) is 42.5 Å². The van der Waals surface area contributed by atoms with Crippen LogP contribution in [0.5, 0.6) is 0 Å². The van der Waals surface area contributed by atoms with Gasteiger partial charge in [-0.05, 0) is 48.8 Å². The Morgan fingerprint density at radius 3 is 2.25 bits per heavy atom. The van der Waals surface area contributed by atoms with Crippen molar-refractivity contribution >= 4 is 21.7 Å². The predicted molar refractivity (Wildman–Crippen MR) is 98.8 cm³/mol. The average Bonchev–Trinajstić information content (AvgIpc) is 2.55. The fourth-order valence-electron chi connectivity index (χ4n) is 2.61. The molecule has 0 aliphatic heterocycles. The maximum Gasteiger partial charge on any atom is 0.264 e. The maximum atomic E-state index is 11.3. The molecule has 0 radical (unpaired) electrons. The first kappa shape index (κ1) is 19.0. The summed E-state index contributed by atoms with van der Waals surface area (Å²) in [6.45, 7) is 0.218. The largest absolute Gasteiger partial charge is 0.270 e. The van der Waals surface area contributed by atoms with Crippen LogP contribution in [-0.2, 0) is 27.1 Å². The van der Waals surface area contributed by atoms with Crippen molar-refractivity contribution in [2.24, 2.45) is 5.92 Å². The molecule has 0 saturated carbocycles. The van der Waals surface area contributed by atoms with Crippen LogP contribution in [0, 0.1) is 5.92 Å². The molecule has 5 heteroatoms. The summed E-state index contributed by atoms with van der Waals surface area (Å²) >= 11 is 6.20. The Kier molecular flexibility index (Phi) is 7.28. The minimum Gasteiger partial charge on any atom is -0.270 e. The molecule has 0 amide bonds. The number of aryl methyl sites for hydroxylation is 2. The zero-order valence-corrected chi connectivity index (χ0v) is 15.4. The fourth-order valence-corrected chi connectivity index (χ4v) is 3.28. The molecule has 24 heavy (non-hydrogen) atoms. The molecule has 130 valence electrons. The van der Waals surface area contributed by atoms with Crippen LogP contribution in [0.15, 0.2) is 54.6 Å². The number of hydrogen-bond acceptors (Lipinski definition) is 3. The molecule has 0 aliphatic carbocycles. The maximum absolute atomic E-state index is 11.3. The molecule has 1 atom stereocenters. The number of halogens is 1. The van der Waals surface area contributed by atoms with Gasteiger partial charge in [-0.1, -0.05) is 60.1 Å². The second-order valence-electron chi connectivity index (χ2n) is 6.01. The van der Waals surface area contributed by atoms with E-state index in [2.05, 4.69) is 12.1 Å². The van der Waals surface area contributed by atoms with Crippen LogP contribution in [0.1, 0.15) is 24.0 Å². The summed E-state index contributed by atoms with van der Waals surface area (Å²) in [5.74, 6) is 0.163. The lowest BCUT2D eigenvalue weighted by atomic mass is 9.94. The number of hydrogen-bond donors (Lipinski definition) is 0. The molecule has 2 aromatic rings. The highest BCUT2D eigenvalue weighted by Crippen LogP contribution is 2.22. The first-order valence-corrected chi connectivity index (χ1v) is 10.3. The third-order valence-corrected chi connectivity index (χ3v) is 4.91. The molecule has 3 nitrogen and oxygen atoms in total. The van der Waals surface area contributed by atoms with Crippen molar-refractivity contribution in [3.05, 3.63) is 70.7 Å². The summed E-state index contributed by atoms with van der Waals surface area (Å²) < 4.78 is 27.6. The van der Waals surface area contributed by atoms with Gasteiger partial charge in [0.25, 0.3) is 10.1 Å². The minimum atomic E-state index is -3.42. The topological polar surface area (TPSA) is 43.4 Å². The molecule has 0 saturated heterocycles. The van der Waals surface area contributed by atoms with Crippen LogP contribution in [0.25, 0.3) is 0 Å². The van der Waals surface area contributed by atoms with Gasteiger partial charge in [-0.25, -0.2) is 0 Å². The zero-order valence-electron chi connectivity index (χ0n) is 13.8. The Morgan fingerprint density at radius 1 is 0.958 bits per heavy atom. The molecule has 0 aromatic heterocycles. The summed E-state index contributed by atoms with van der Waals surface area (Å²) in [4.78, 5) is 0. The van der Waals surface area contributed by atoms with Crippen LogP contribution in [-0.4, -0.2) is 21.3 Å². The number of rotatable bonds is 9. The summed E-state index contributed by atoms with van der Waals surface area (Å²) in [5, 5.41) is 0.753. The third-order valence-electron chi connectivity index (χ3n) is 3.98. The molecule has 0 bridgehead atoms. The number of benzene rings is 2. The highest BCUT2D eigenvalue weighted by atomic mass is 35.5. The molecular weight excluding hydrogens is 344 g/mol.